The molecule has 0 atom stereocenters. The van der Waals surface area contributed by atoms with Crippen LogP contribution in [0.25, 0.3) is 10.4 Å². The van der Waals surface area contributed by atoms with Crippen molar-refractivity contribution in [1.82, 2.24) is 0 Å². The molecule has 0 bridgehead atoms. The summed E-state index contributed by atoms with van der Waals surface area (Å²) < 4.78 is 6.96. The molecule has 0 radical (unpaired) electrons. The van der Waals surface area contributed by atoms with Gasteiger partial charge in [-0.25, -0.2) is 4.79 Å². The summed E-state index contributed by atoms with van der Waals surface area (Å²) in [5.74, 6) is -1.11. The van der Waals surface area contributed by atoms with Gasteiger partial charge >= 0.3 is 5.97 Å². The van der Waals surface area contributed by atoms with E-state index < -0.39 is 11.9 Å². The molecule has 29 heavy (non-hydrogen) atoms. The van der Waals surface area contributed by atoms with E-state index in [9.17, 15) is 14.7 Å². The molecule has 5 nitrogen and oxygen atoms in total. The van der Waals surface area contributed by atoms with E-state index in [1.807, 2.05) is 31.2 Å². The molecule has 0 aliphatic heterocycles. The second kappa shape index (κ2) is 8.99. The number of thiophene rings is 1. The first-order valence-electron chi connectivity index (χ1n) is 8.19. The van der Waals surface area contributed by atoms with Crippen LogP contribution >= 0.6 is 59.1 Å². The molecule has 1 aromatic heterocycles. The van der Waals surface area contributed by atoms with Crippen LogP contribution in [-0.4, -0.2) is 24.1 Å². The highest BCUT2D eigenvalue weighted by Gasteiger charge is 2.25. The van der Waals surface area contributed by atoms with Crippen molar-refractivity contribution < 1.29 is 19.4 Å². The lowest BCUT2D eigenvalue weighted by Gasteiger charge is -2.13. The molecule has 1 heterocycles. The second-order valence-corrected chi connectivity index (χ2v) is 9.43. The molecule has 0 fully saturated rings. The summed E-state index contributed by atoms with van der Waals surface area (Å²) >= 11 is 11.4. The van der Waals surface area contributed by atoms with Crippen LogP contribution in [0.4, 0.5) is 5.69 Å². The van der Waals surface area contributed by atoms with Crippen molar-refractivity contribution in [3.8, 4) is 16.2 Å². The summed E-state index contributed by atoms with van der Waals surface area (Å²) in [4.78, 5) is 25.5. The fourth-order valence-corrected chi connectivity index (χ4v) is 6.61. The average molecular weight is 604 g/mol. The highest BCUT2D eigenvalue weighted by molar-refractivity contribution is 9.11. The van der Waals surface area contributed by atoms with Gasteiger partial charge in [0.15, 0.2) is 0 Å². The molecule has 9 heteroatoms. The van der Waals surface area contributed by atoms with E-state index in [4.69, 9.17) is 4.74 Å². The Balaban J connectivity index is 2.04. The van der Waals surface area contributed by atoms with E-state index in [1.54, 1.807) is 11.4 Å². The van der Waals surface area contributed by atoms with E-state index in [0.29, 0.717) is 29.6 Å². The minimum atomic E-state index is -1.11. The minimum absolute atomic E-state index is 0.0604. The normalized spacial score (nSPS) is 10.7. The maximum atomic E-state index is 13.0. The Morgan fingerprint density at radius 2 is 1.83 bits per heavy atom. The molecule has 0 spiro atoms. The number of hydrogen-bond donors (Lipinski definition) is 2. The number of nitrogens with one attached hydrogen (secondary N) is 1. The topological polar surface area (TPSA) is 75.6 Å². The third kappa shape index (κ3) is 4.42. The van der Waals surface area contributed by atoms with Crippen LogP contribution in [0.15, 0.2) is 49.1 Å². The van der Waals surface area contributed by atoms with Crippen molar-refractivity contribution in [2.75, 3.05) is 12.4 Å². The number of benzene rings is 2. The third-order valence-electron chi connectivity index (χ3n) is 4.09. The Morgan fingerprint density at radius 3 is 2.45 bits per heavy atom. The van der Waals surface area contributed by atoms with Crippen LogP contribution in [-0.2, 0) is 0 Å². The lowest BCUT2D eigenvalue weighted by Crippen LogP contribution is -2.15. The number of aryl methyl sites for hydroxylation is 1. The van der Waals surface area contributed by atoms with Gasteiger partial charge in [0.2, 0.25) is 0 Å². The van der Waals surface area contributed by atoms with Crippen LogP contribution in [0.1, 0.15) is 26.3 Å². The fraction of sp³-hybridized carbons (Fsp3) is 0.100. The van der Waals surface area contributed by atoms with Gasteiger partial charge in [-0.15, -0.1) is 11.3 Å². The molecule has 150 valence electrons. The van der Waals surface area contributed by atoms with Gasteiger partial charge in [0, 0.05) is 9.85 Å². The minimum Gasteiger partial charge on any atom is -0.494 e. The molecule has 0 aliphatic carbocycles. The van der Waals surface area contributed by atoms with Crippen molar-refractivity contribution in [3.63, 3.8) is 0 Å². The van der Waals surface area contributed by atoms with Gasteiger partial charge < -0.3 is 15.2 Å². The predicted octanol–water partition coefficient (Wildman–Crippen LogP) is 6.97. The summed E-state index contributed by atoms with van der Waals surface area (Å²) in [6.07, 6.45) is 0. The first kappa shape index (κ1) is 22.0. The summed E-state index contributed by atoms with van der Waals surface area (Å²) in [7, 11) is 1.50. The van der Waals surface area contributed by atoms with Crippen LogP contribution in [0.2, 0.25) is 0 Å². The Morgan fingerprint density at radius 1 is 1.10 bits per heavy atom. The van der Waals surface area contributed by atoms with Gasteiger partial charge in [0.05, 0.1) is 32.2 Å². The molecular weight excluding hydrogens is 590 g/mol. The number of carbonyl (C=O) groups is 2. The van der Waals surface area contributed by atoms with Crippen molar-refractivity contribution in [2.45, 2.75) is 6.92 Å². The summed E-state index contributed by atoms with van der Waals surface area (Å²) in [5.41, 5.74) is 2.41. The lowest BCUT2D eigenvalue weighted by molar-refractivity contribution is 0.0699. The molecule has 2 N–H and O–H groups in total. The Bertz CT molecular complexity index is 1130. The van der Waals surface area contributed by atoms with Crippen LogP contribution in [0.3, 0.4) is 0 Å². The number of carbonyl (C=O) groups excluding carboxylic acids is 1. The SMILES string of the molecule is COc1c(Br)cc(Br)c(C(=O)Nc2csc(-c3cccc(C)c3)c2C(=O)O)c1Br. The van der Waals surface area contributed by atoms with Crippen molar-refractivity contribution in [3.05, 3.63) is 65.8 Å². The molecule has 3 rings (SSSR count). The zero-order valence-electron chi connectivity index (χ0n) is 15.2. The van der Waals surface area contributed by atoms with E-state index in [2.05, 4.69) is 53.1 Å². The van der Waals surface area contributed by atoms with E-state index >= 15 is 0 Å². The number of ether oxygens (including phenoxy) is 1. The number of hydrogen-bond acceptors (Lipinski definition) is 4. The molecular formula is C20H14Br3NO4S. The maximum absolute atomic E-state index is 13.0. The Labute approximate surface area is 196 Å². The number of methoxy groups -OCH3 is 1. The number of halogens is 3. The Kier molecular flexibility index (Phi) is 6.83. The van der Waals surface area contributed by atoms with E-state index in [-0.39, 0.29) is 11.3 Å². The van der Waals surface area contributed by atoms with Crippen molar-refractivity contribution >= 4 is 76.7 Å². The number of carboxylic acids is 1. The molecule has 0 unspecified atom stereocenters. The van der Waals surface area contributed by atoms with Gasteiger partial charge in [-0.1, -0.05) is 29.8 Å². The monoisotopic (exact) mass is 601 g/mol. The zero-order valence-corrected chi connectivity index (χ0v) is 20.8. The molecule has 1 amide bonds. The van der Waals surface area contributed by atoms with Gasteiger partial charge in [0.1, 0.15) is 11.3 Å². The van der Waals surface area contributed by atoms with Crippen molar-refractivity contribution in [2.24, 2.45) is 0 Å². The van der Waals surface area contributed by atoms with Crippen molar-refractivity contribution in [1.29, 1.82) is 0 Å². The van der Waals surface area contributed by atoms with Gasteiger partial charge in [-0.2, -0.15) is 0 Å². The second-order valence-electron chi connectivity index (χ2n) is 6.04. The summed E-state index contributed by atoms with van der Waals surface area (Å²) in [5, 5.41) is 14.1. The zero-order chi connectivity index (χ0) is 21.3. The number of anilines is 1. The molecule has 0 saturated carbocycles. The summed E-state index contributed by atoms with van der Waals surface area (Å²) in [6.45, 7) is 1.94. The Hall–Kier alpha value is -1.68. The smallest absolute Gasteiger partial charge is 0.339 e. The molecule has 2 aromatic carbocycles. The molecule has 0 aliphatic rings. The summed E-state index contributed by atoms with van der Waals surface area (Å²) in [6, 6.07) is 9.27. The molecule has 0 saturated heterocycles. The van der Waals surface area contributed by atoms with E-state index in [0.717, 1.165) is 11.1 Å². The number of carboxylic acid groups (broad SMARTS) is 1. The number of aromatic carboxylic acids is 1. The van der Waals surface area contributed by atoms with Gasteiger partial charge in [-0.3, -0.25) is 4.79 Å². The van der Waals surface area contributed by atoms with Gasteiger partial charge in [-0.05, 0) is 66.3 Å². The average Bonchev–Trinajstić information content (AvgIpc) is 3.05. The highest BCUT2D eigenvalue weighted by atomic mass is 79.9. The van der Waals surface area contributed by atoms with Crippen LogP contribution < -0.4 is 10.1 Å². The van der Waals surface area contributed by atoms with Crippen LogP contribution in [0.5, 0.6) is 5.75 Å². The predicted molar refractivity (Wildman–Crippen MR) is 125 cm³/mol. The number of rotatable bonds is 5. The quantitative estimate of drug-likeness (QED) is 0.330. The van der Waals surface area contributed by atoms with E-state index in [1.165, 1.54) is 18.4 Å². The molecule has 3 aromatic rings. The number of amides is 1. The maximum Gasteiger partial charge on any atom is 0.339 e. The first-order chi connectivity index (χ1) is 13.7. The first-order valence-corrected chi connectivity index (χ1v) is 11.4. The fourth-order valence-electron chi connectivity index (χ4n) is 2.81. The lowest BCUT2D eigenvalue weighted by atomic mass is 10.1. The van der Waals surface area contributed by atoms with Crippen LogP contribution in [0, 0.1) is 6.92 Å². The third-order valence-corrected chi connectivity index (χ3v) is 7.09. The standard InChI is InChI=1S/C20H14Br3NO4S/c1-9-4-3-5-10(6-9)18-15(20(26)27)13(8-29-18)24-19(25)14-11(21)7-12(22)17(28-2)16(14)23/h3-8H,1-2H3,(H,24,25)(H,26,27). The van der Waals surface area contributed by atoms with Gasteiger partial charge in [0.25, 0.3) is 5.91 Å². The largest absolute Gasteiger partial charge is 0.494 e. The highest BCUT2D eigenvalue weighted by Crippen LogP contribution is 2.41.